The molecule has 9 nitrogen and oxygen atoms in total. The SMILES string of the molecule is COc1ccc(OC)c(N(CC(=O)N(Cc2ccccc2F)C(C)C(=O)NC(C)(C)C)S(C)(=O)=O)c1. The van der Waals surface area contributed by atoms with Crippen molar-refractivity contribution in [2.75, 3.05) is 31.3 Å². The van der Waals surface area contributed by atoms with Crippen LogP contribution in [0.4, 0.5) is 10.1 Å². The molecule has 198 valence electrons. The average molecular weight is 524 g/mol. The van der Waals surface area contributed by atoms with Crippen LogP contribution < -0.4 is 19.1 Å². The Morgan fingerprint density at radius 2 is 1.72 bits per heavy atom. The molecule has 1 atom stereocenters. The van der Waals surface area contributed by atoms with E-state index in [4.69, 9.17) is 9.47 Å². The van der Waals surface area contributed by atoms with Crippen LogP contribution in [0.5, 0.6) is 11.5 Å². The molecule has 2 rings (SSSR count). The Balaban J connectivity index is 2.51. The fraction of sp³-hybridized carbons (Fsp3) is 0.440. The molecule has 0 saturated heterocycles. The molecule has 2 aromatic rings. The molecule has 1 unspecified atom stereocenters. The molecule has 2 aromatic carbocycles. The van der Waals surface area contributed by atoms with Crippen LogP contribution in [0.25, 0.3) is 0 Å². The first-order valence-corrected chi connectivity index (χ1v) is 13.1. The fourth-order valence-corrected chi connectivity index (χ4v) is 4.30. The molecule has 0 heterocycles. The number of hydrogen-bond donors (Lipinski definition) is 1. The normalized spacial score (nSPS) is 12.4. The highest BCUT2D eigenvalue weighted by Gasteiger charge is 2.32. The van der Waals surface area contributed by atoms with E-state index >= 15 is 0 Å². The quantitative estimate of drug-likeness (QED) is 0.514. The zero-order chi connectivity index (χ0) is 27.3. The standard InChI is InChI=1S/C25H34FN3O6S/c1-17(24(31)27-25(2,3)4)28(15-18-10-8-9-11-20(18)26)23(30)16-29(36(7,32)33)21-14-19(34-5)12-13-22(21)35-6/h8-14,17H,15-16H2,1-7H3,(H,27,31). The highest BCUT2D eigenvalue weighted by molar-refractivity contribution is 7.92. The number of nitrogens with one attached hydrogen (secondary N) is 1. The van der Waals surface area contributed by atoms with Crippen molar-refractivity contribution in [3.8, 4) is 11.5 Å². The number of rotatable bonds is 10. The van der Waals surface area contributed by atoms with Gasteiger partial charge in [-0.1, -0.05) is 18.2 Å². The number of amides is 2. The second-order valence-corrected chi connectivity index (χ2v) is 11.2. The molecule has 36 heavy (non-hydrogen) atoms. The summed E-state index contributed by atoms with van der Waals surface area (Å²) in [6, 6.07) is 9.41. The van der Waals surface area contributed by atoms with E-state index in [2.05, 4.69) is 5.32 Å². The Labute approximate surface area is 212 Å². The van der Waals surface area contributed by atoms with Crippen LogP contribution in [0.15, 0.2) is 42.5 Å². The van der Waals surface area contributed by atoms with Gasteiger partial charge in [0.25, 0.3) is 0 Å². The van der Waals surface area contributed by atoms with E-state index in [0.717, 1.165) is 15.5 Å². The van der Waals surface area contributed by atoms with Gasteiger partial charge in [-0.05, 0) is 45.9 Å². The Morgan fingerprint density at radius 1 is 1.08 bits per heavy atom. The summed E-state index contributed by atoms with van der Waals surface area (Å²) in [4.78, 5) is 27.7. The molecular formula is C25H34FN3O6S. The predicted molar refractivity (Wildman–Crippen MR) is 136 cm³/mol. The van der Waals surface area contributed by atoms with Gasteiger partial charge in [-0.25, -0.2) is 12.8 Å². The summed E-state index contributed by atoms with van der Waals surface area (Å²) in [5, 5.41) is 2.81. The van der Waals surface area contributed by atoms with Crippen molar-refractivity contribution in [2.24, 2.45) is 0 Å². The lowest BCUT2D eigenvalue weighted by Crippen LogP contribution is -2.54. The summed E-state index contributed by atoms with van der Waals surface area (Å²) in [6.45, 7) is 6.00. The number of methoxy groups -OCH3 is 2. The van der Waals surface area contributed by atoms with Crippen molar-refractivity contribution in [3.63, 3.8) is 0 Å². The molecule has 0 saturated carbocycles. The van der Waals surface area contributed by atoms with Gasteiger partial charge >= 0.3 is 0 Å². The number of halogens is 1. The van der Waals surface area contributed by atoms with E-state index in [0.29, 0.717) is 5.75 Å². The first-order valence-electron chi connectivity index (χ1n) is 11.2. The Morgan fingerprint density at radius 3 is 2.25 bits per heavy atom. The molecule has 0 aromatic heterocycles. The minimum atomic E-state index is -3.98. The van der Waals surface area contributed by atoms with Gasteiger partial charge < -0.3 is 19.7 Å². The van der Waals surface area contributed by atoms with Crippen molar-refractivity contribution in [1.82, 2.24) is 10.2 Å². The highest BCUT2D eigenvalue weighted by Crippen LogP contribution is 2.34. The number of hydrogen-bond acceptors (Lipinski definition) is 6. The number of ether oxygens (including phenoxy) is 2. The van der Waals surface area contributed by atoms with Crippen LogP contribution in [0, 0.1) is 5.82 Å². The first-order chi connectivity index (χ1) is 16.7. The molecule has 0 fully saturated rings. The van der Waals surface area contributed by atoms with E-state index in [9.17, 15) is 22.4 Å². The van der Waals surface area contributed by atoms with Gasteiger partial charge in [0.05, 0.1) is 26.2 Å². The van der Waals surface area contributed by atoms with Gasteiger partial charge in [0.2, 0.25) is 21.8 Å². The van der Waals surface area contributed by atoms with Crippen molar-refractivity contribution in [2.45, 2.75) is 45.8 Å². The minimum Gasteiger partial charge on any atom is -0.497 e. The van der Waals surface area contributed by atoms with Crippen LogP contribution in [-0.4, -0.2) is 63.7 Å². The summed E-state index contributed by atoms with van der Waals surface area (Å²) in [5.74, 6) is -1.16. The summed E-state index contributed by atoms with van der Waals surface area (Å²) in [7, 11) is -1.19. The smallest absolute Gasteiger partial charge is 0.244 e. The van der Waals surface area contributed by atoms with Crippen molar-refractivity contribution in [3.05, 3.63) is 53.8 Å². The summed E-state index contributed by atoms with van der Waals surface area (Å²) in [5.41, 5.74) is -0.304. The van der Waals surface area contributed by atoms with E-state index in [1.54, 1.807) is 32.9 Å². The number of carbonyl (C=O) groups excluding carboxylic acids is 2. The number of benzene rings is 2. The van der Waals surface area contributed by atoms with E-state index < -0.39 is 45.8 Å². The Bertz CT molecular complexity index is 1200. The number of anilines is 1. The topological polar surface area (TPSA) is 105 Å². The molecule has 0 bridgehead atoms. The molecule has 0 radical (unpaired) electrons. The van der Waals surface area contributed by atoms with E-state index in [1.165, 1.54) is 51.5 Å². The predicted octanol–water partition coefficient (Wildman–Crippen LogP) is 2.94. The molecule has 0 spiro atoms. The molecule has 0 aliphatic carbocycles. The first kappa shape index (κ1) is 28.9. The van der Waals surface area contributed by atoms with Crippen molar-refractivity contribution < 1.29 is 31.9 Å². The Kier molecular flexibility index (Phi) is 9.31. The monoisotopic (exact) mass is 523 g/mol. The second-order valence-electron chi connectivity index (χ2n) is 9.34. The average Bonchev–Trinajstić information content (AvgIpc) is 2.79. The van der Waals surface area contributed by atoms with Crippen molar-refractivity contribution in [1.29, 1.82) is 0 Å². The minimum absolute atomic E-state index is 0.0883. The van der Waals surface area contributed by atoms with Gasteiger partial charge in [-0.3, -0.25) is 13.9 Å². The zero-order valence-corrected chi connectivity index (χ0v) is 22.5. The maximum absolute atomic E-state index is 14.5. The van der Waals surface area contributed by atoms with Crippen LogP contribution in [0.3, 0.4) is 0 Å². The van der Waals surface area contributed by atoms with Crippen LogP contribution >= 0.6 is 0 Å². The van der Waals surface area contributed by atoms with Gasteiger partial charge in [0, 0.05) is 23.7 Å². The van der Waals surface area contributed by atoms with Gasteiger partial charge in [-0.15, -0.1) is 0 Å². The summed E-state index contributed by atoms with van der Waals surface area (Å²) in [6.07, 6.45) is 0.955. The summed E-state index contributed by atoms with van der Waals surface area (Å²) >= 11 is 0. The number of carbonyl (C=O) groups is 2. The molecule has 11 heteroatoms. The van der Waals surface area contributed by atoms with Gasteiger partial charge in [-0.2, -0.15) is 0 Å². The molecule has 2 amide bonds. The zero-order valence-electron chi connectivity index (χ0n) is 21.7. The number of nitrogens with zero attached hydrogens (tertiary/aromatic N) is 2. The second kappa shape index (κ2) is 11.6. The third-order valence-corrected chi connectivity index (χ3v) is 6.42. The van der Waals surface area contributed by atoms with Crippen molar-refractivity contribution >= 4 is 27.5 Å². The van der Waals surface area contributed by atoms with Crippen LogP contribution in [0.2, 0.25) is 0 Å². The van der Waals surface area contributed by atoms with Crippen LogP contribution in [0.1, 0.15) is 33.3 Å². The van der Waals surface area contributed by atoms with E-state index in [1.807, 2.05) is 0 Å². The fourth-order valence-electron chi connectivity index (χ4n) is 3.45. The molecule has 0 aliphatic heterocycles. The lowest BCUT2D eigenvalue weighted by Gasteiger charge is -2.33. The summed E-state index contributed by atoms with van der Waals surface area (Å²) < 4.78 is 51.4. The highest BCUT2D eigenvalue weighted by atomic mass is 32.2. The lowest BCUT2D eigenvalue weighted by atomic mass is 10.1. The van der Waals surface area contributed by atoms with Crippen LogP contribution in [-0.2, 0) is 26.2 Å². The third-order valence-electron chi connectivity index (χ3n) is 5.30. The molecule has 0 aliphatic rings. The maximum Gasteiger partial charge on any atom is 0.244 e. The third kappa shape index (κ3) is 7.58. The van der Waals surface area contributed by atoms with Gasteiger partial charge in [0.1, 0.15) is 29.9 Å². The van der Waals surface area contributed by atoms with E-state index in [-0.39, 0.29) is 23.5 Å². The molecular weight excluding hydrogens is 489 g/mol. The molecule has 1 N–H and O–H groups in total. The maximum atomic E-state index is 14.5. The Hall–Kier alpha value is -3.34. The largest absolute Gasteiger partial charge is 0.497 e. The number of sulfonamides is 1. The lowest BCUT2D eigenvalue weighted by molar-refractivity contribution is -0.140. The van der Waals surface area contributed by atoms with Gasteiger partial charge in [0.15, 0.2) is 0 Å².